The van der Waals surface area contributed by atoms with Crippen LogP contribution in [-0.4, -0.2) is 26.2 Å². The molecule has 0 aliphatic rings. The van der Waals surface area contributed by atoms with Crippen LogP contribution in [0.25, 0.3) is 5.69 Å². The molecule has 3 N–H and O–H groups in total. The first-order valence-corrected chi connectivity index (χ1v) is 6.33. The summed E-state index contributed by atoms with van der Waals surface area (Å²) < 4.78 is 1.51. The lowest BCUT2D eigenvalue weighted by Crippen LogP contribution is -2.22. The molecule has 21 heavy (non-hydrogen) atoms. The molecule has 0 spiro atoms. The molecule has 0 aliphatic carbocycles. The number of tetrazole rings is 1. The van der Waals surface area contributed by atoms with E-state index in [-0.39, 0.29) is 5.96 Å². The number of benzene rings is 2. The Kier molecular flexibility index (Phi) is 3.55. The first-order valence-electron chi connectivity index (χ1n) is 6.33. The Labute approximate surface area is 121 Å². The number of rotatable bonds is 3. The summed E-state index contributed by atoms with van der Waals surface area (Å²) in [5, 5.41) is 14.4. The number of aliphatic imine (C=N–C) groups is 1. The zero-order chi connectivity index (χ0) is 14.5. The number of guanidine groups is 1. The van der Waals surface area contributed by atoms with Gasteiger partial charge in [0.05, 0.1) is 5.69 Å². The predicted octanol–water partition coefficient (Wildman–Crippen LogP) is 1.72. The molecule has 0 saturated carbocycles. The molecule has 0 aliphatic heterocycles. The minimum atomic E-state index is 0.216. The number of aromatic nitrogens is 4. The van der Waals surface area contributed by atoms with E-state index < -0.39 is 0 Å². The summed E-state index contributed by atoms with van der Waals surface area (Å²) in [4.78, 5) is 4.20. The van der Waals surface area contributed by atoms with Crippen molar-refractivity contribution in [3.8, 4) is 5.69 Å². The van der Waals surface area contributed by atoms with Crippen LogP contribution in [0.15, 0.2) is 65.7 Å². The molecule has 0 saturated heterocycles. The zero-order valence-electron chi connectivity index (χ0n) is 11.1. The van der Waals surface area contributed by atoms with Crippen LogP contribution < -0.4 is 11.1 Å². The summed E-state index contributed by atoms with van der Waals surface area (Å²) in [6.45, 7) is 0. The smallest absolute Gasteiger partial charge is 0.277 e. The number of nitrogens with two attached hydrogens (primary N) is 1. The van der Waals surface area contributed by atoms with E-state index in [2.05, 4.69) is 25.8 Å². The number of nitrogens with one attached hydrogen (secondary N) is 1. The second-order valence-electron chi connectivity index (χ2n) is 4.21. The van der Waals surface area contributed by atoms with Gasteiger partial charge in [-0.25, -0.2) is 0 Å². The molecule has 1 aromatic heterocycles. The van der Waals surface area contributed by atoms with Crippen molar-refractivity contribution in [1.29, 1.82) is 0 Å². The molecule has 104 valence electrons. The lowest BCUT2D eigenvalue weighted by Gasteiger charge is -2.05. The largest absolute Gasteiger partial charge is 0.369 e. The predicted molar refractivity (Wildman–Crippen MR) is 80.5 cm³/mol. The summed E-state index contributed by atoms with van der Waals surface area (Å²) in [6, 6.07) is 19.0. The Bertz CT molecular complexity index is 734. The van der Waals surface area contributed by atoms with Gasteiger partial charge in [-0.15, -0.1) is 0 Å². The molecule has 3 aromatic rings. The maximum atomic E-state index is 5.87. The van der Waals surface area contributed by atoms with Crippen LogP contribution in [0.5, 0.6) is 0 Å². The molecule has 0 bridgehead atoms. The van der Waals surface area contributed by atoms with Crippen molar-refractivity contribution in [2.75, 3.05) is 5.32 Å². The summed E-state index contributed by atoms with van der Waals surface area (Å²) in [5.74, 6) is 0.523. The third-order valence-electron chi connectivity index (χ3n) is 2.72. The van der Waals surface area contributed by atoms with Gasteiger partial charge in [-0.1, -0.05) is 41.5 Å². The van der Waals surface area contributed by atoms with Crippen molar-refractivity contribution in [1.82, 2.24) is 20.2 Å². The van der Waals surface area contributed by atoms with Gasteiger partial charge in [0.1, 0.15) is 0 Å². The van der Waals surface area contributed by atoms with Gasteiger partial charge in [0.25, 0.3) is 5.95 Å². The van der Waals surface area contributed by atoms with E-state index in [4.69, 9.17) is 5.73 Å². The topological polar surface area (TPSA) is 94.0 Å². The van der Waals surface area contributed by atoms with Crippen LogP contribution >= 0.6 is 0 Å². The number of anilines is 1. The summed E-state index contributed by atoms with van der Waals surface area (Å²) in [7, 11) is 0. The monoisotopic (exact) mass is 279 g/mol. The van der Waals surface area contributed by atoms with Crippen molar-refractivity contribution < 1.29 is 0 Å². The maximum Gasteiger partial charge on any atom is 0.277 e. The van der Waals surface area contributed by atoms with Gasteiger partial charge in [0.15, 0.2) is 0 Å². The minimum Gasteiger partial charge on any atom is -0.369 e. The molecular weight excluding hydrogens is 266 g/mol. The average molecular weight is 279 g/mol. The second kappa shape index (κ2) is 5.83. The van der Waals surface area contributed by atoms with E-state index in [0.717, 1.165) is 11.4 Å². The zero-order valence-corrected chi connectivity index (χ0v) is 11.1. The molecule has 3 rings (SSSR count). The highest BCUT2D eigenvalue weighted by Crippen LogP contribution is 2.13. The average Bonchev–Trinajstić information content (AvgIpc) is 2.97. The van der Waals surface area contributed by atoms with Crippen molar-refractivity contribution in [2.45, 2.75) is 0 Å². The molecule has 1 heterocycles. The molecule has 2 aromatic carbocycles. The van der Waals surface area contributed by atoms with Crippen molar-refractivity contribution in [3.63, 3.8) is 0 Å². The molecule has 0 amide bonds. The van der Waals surface area contributed by atoms with Gasteiger partial charge >= 0.3 is 0 Å². The van der Waals surface area contributed by atoms with Gasteiger partial charge in [0, 0.05) is 5.69 Å². The normalized spacial score (nSPS) is 11.3. The van der Waals surface area contributed by atoms with Crippen LogP contribution in [0.4, 0.5) is 11.6 Å². The van der Waals surface area contributed by atoms with Crippen LogP contribution in [0.1, 0.15) is 0 Å². The lowest BCUT2D eigenvalue weighted by molar-refractivity contribution is 0.790. The fourth-order valence-corrected chi connectivity index (χ4v) is 1.79. The summed E-state index contributed by atoms with van der Waals surface area (Å²) in [5.41, 5.74) is 7.53. The molecule has 0 radical (unpaired) electrons. The third kappa shape index (κ3) is 3.03. The molecule has 0 fully saturated rings. The van der Waals surface area contributed by atoms with Crippen LogP contribution in [0.3, 0.4) is 0 Å². The highest BCUT2D eigenvalue weighted by molar-refractivity contribution is 5.93. The van der Waals surface area contributed by atoms with Crippen molar-refractivity contribution in [3.05, 3.63) is 60.7 Å². The van der Waals surface area contributed by atoms with Gasteiger partial charge < -0.3 is 11.1 Å². The van der Waals surface area contributed by atoms with Gasteiger partial charge in [0.2, 0.25) is 5.96 Å². The molecule has 7 heteroatoms. The standard InChI is InChI=1S/C14H13N7/c15-13(16-11-7-3-1-4-8-11)17-14-18-19-20-21(14)12-9-5-2-6-10-12/h1-10H,(H3,15,16,17,18,20). The molecule has 7 nitrogen and oxygen atoms in total. The van der Waals surface area contributed by atoms with Crippen LogP contribution in [-0.2, 0) is 0 Å². The fraction of sp³-hybridized carbons (Fsp3) is 0. The van der Waals surface area contributed by atoms with Crippen molar-refractivity contribution in [2.24, 2.45) is 10.7 Å². The minimum absolute atomic E-state index is 0.216. The Hall–Kier alpha value is -3.22. The SMILES string of the molecule is N/C(=N\c1nnnn1-c1ccccc1)Nc1ccccc1. The quantitative estimate of drug-likeness (QED) is 0.562. The van der Waals surface area contributed by atoms with E-state index in [1.54, 1.807) is 0 Å². The van der Waals surface area contributed by atoms with E-state index >= 15 is 0 Å². The van der Waals surface area contributed by atoms with E-state index in [1.807, 2.05) is 60.7 Å². The maximum absolute atomic E-state index is 5.87. The van der Waals surface area contributed by atoms with Gasteiger partial charge in [-0.05, 0) is 34.7 Å². The summed E-state index contributed by atoms with van der Waals surface area (Å²) in [6.07, 6.45) is 0. The third-order valence-corrected chi connectivity index (χ3v) is 2.72. The number of nitrogens with zero attached hydrogens (tertiary/aromatic N) is 5. The second-order valence-corrected chi connectivity index (χ2v) is 4.21. The van der Waals surface area contributed by atoms with Gasteiger partial charge in [-0.3, -0.25) is 0 Å². The van der Waals surface area contributed by atoms with E-state index in [0.29, 0.717) is 5.95 Å². The van der Waals surface area contributed by atoms with Gasteiger partial charge in [-0.2, -0.15) is 9.67 Å². The highest BCUT2D eigenvalue weighted by Gasteiger charge is 2.07. The Balaban J connectivity index is 1.85. The Morgan fingerprint density at radius 1 is 1.00 bits per heavy atom. The Morgan fingerprint density at radius 2 is 1.67 bits per heavy atom. The number of hydrogen-bond acceptors (Lipinski definition) is 4. The molecular formula is C14H13N7. The van der Waals surface area contributed by atoms with E-state index in [9.17, 15) is 0 Å². The first kappa shape index (κ1) is 12.8. The lowest BCUT2D eigenvalue weighted by atomic mass is 10.3. The van der Waals surface area contributed by atoms with E-state index in [1.165, 1.54) is 4.68 Å². The first-order chi connectivity index (χ1) is 10.3. The van der Waals surface area contributed by atoms with Crippen molar-refractivity contribution >= 4 is 17.6 Å². The van der Waals surface area contributed by atoms with Crippen LogP contribution in [0, 0.1) is 0 Å². The molecule has 0 atom stereocenters. The van der Waals surface area contributed by atoms with Crippen LogP contribution in [0.2, 0.25) is 0 Å². The number of para-hydroxylation sites is 2. The molecule has 0 unspecified atom stereocenters. The fourth-order valence-electron chi connectivity index (χ4n) is 1.79. The number of hydrogen-bond donors (Lipinski definition) is 2. The summed E-state index contributed by atoms with van der Waals surface area (Å²) >= 11 is 0. The Morgan fingerprint density at radius 3 is 2.38 bits per heavy atom. The highest BCUT2D eigenvalue weighted by atomic mass is 15.6.